The zero-order chi connectivity index (χ0) is 20.7. The normalized spacial score (nSPS) is 19.7. The first-order valence-electron chi connectivity index (χ1n) is 11.3. The maximum absolute atomic E-state index is 4.71. The maximum Gasteiger partial charge on any atom is 0.140 e. The van der Waals surface area contributed by atoms with Crippen LogP contribution in [0, 0.1) is 11.3 Å². The van der Waals surface area contributed by atoms with Crippen molar-refractivity contribution in [2.24, 2.45) is 11.3 Å². The molecule has 0 saturated carbocycles. The maximum atomic E-state index is 4.71. The van der Waals surface area contributed by atoms with Gasteiger partial charge in [-0.25, -0.2) is 9.97 Å². The average Bonchev–Trinajstić information content (AvgIpc) is 3.36. The molecule has 2 aliphatic heterocycles. The lowest BCUT2D eigenvalue weighted by molar-refractivity contribution is -0.0305. The summed E-state index contributed by atoms with van der Waals surface area (Å²) in [5, 5.41) is 1.25. The molecule has 2 aromatic heterocycles. The predicted octanol–water partition coefficient (Wildman–Crippen LogP) is 5.03. The van der Waals surface area contributed by atoms with Crippen LogP contribution in [-0.4, -0.2) is 47.1 Å². The summed E-state index contributed by atoms with van der Waals surface area (Å²) in [4.78, 5) is 17.0. The largest absolute Gasteiger partial charge is 0.355 e. The molecule has 5 rings (SSSR count). The van der Waals surface area contributed by atoms with E-state index in [0.29, 0.717) is 17.4 Å². The number of hydrogen-bond acceptors (Lipinski definition) is 5. The Kier molecular flexibility index (Phi) is 5.28. The van der Waals surface area contributed by atoms with Crippen LogP contribution in [0.3, 0.4) is 0 Å². The van der Waals surface area contributed by atoms with Gasteiger partial charge in [-0.3, -0.25) is 4.90 Å². The van der Waals surface area contributed by atoms with E-state index in [-0.39, 0.29) is 0 Å². The van der Waals surface area contributed by atoms with Crippen molar-refractivity contribution in [3.63, 3.8) is 0 Å². The molecule has 2 saturated heterocycles. The highest BCUT2D eigenvalue weighted by Gasteiger charge is 2.50. The molecule has 1 aromatic carbocycles. The lowest BCUT2D eigenvalue weighted by Crippen LogP contribution is -2.62. The van der Waals surface area contributed by atoms with Crippen LogP contribution in [0.25, 0.3) is 10.2 Å². The van der Waals surface area contributed by atoms with Gasteiger partial charge in [0.05, 0.1) is 5.39 Å². The standard InChI is InChI=1S/C25H32N4S/c1-4-20-13-21-23(26-17-27-24(21)30-20)28-11-10-25(14-28)15-29(16-25)22(18(2)3)12-19-8-6-5-7-9-19/h5-9,13,17-18,22H,4,10-12,14-16H2,1-3H3. The van der Waals surface area contributed by atoms with Crippen molar-refractivity contribution in [2.75, 3.05) is 31.1 Å². The number of anilines is 1. The first-order chi connectivity index (χ1) is 14.6. The Hall–Kier alpha value is -1.98. The van der Waals surface area contributed by atoms with Crippen LogP contribution in [0.5, 0.6) is 0 Å². The molecule has 3 aromatic rings. The van der Waals surface area contributed by atoms with Crippen LogP contribution < -0.4 is 4.90 Å². The minimum Gasteiger partial charge on any atom is -0.355 e. The Morgan fingerprint density at radius 2 is 1.90 bits per heavy atom. The number of rotatable bonds is 6. The number of thiophene rings is 1. The van der Waals surface area contributed by atoms with E-state index < -0.39 is 0 Å². The van der Waals surface area contributed by atoms with E-state index in [1.54, 1.807) is 6.33 Å². The van der Waals surface area contributed by atoms with E-state index in [2.05, 4.69) is 72.0 Å². The fraction of sp³-hybridized carbons (Fsp3) is 0.520. The van der Waals surface area contributed by atoms with Crippen molar-refractivity contribution in [1.29, 1.82) is 0 Å². The molecule has 1 spiro atoms. The molecule has 0 N–H and O–H groups in total. The second-order valence-electron chi connectivity index (χ2n) is 9.56. The van der Waals surface area contributed by atoms with Gasteiger partial charge in [-0.15, -0.1) is 11.3 Å². The Balaban J connectivity index is 1.28. The number of aryl methyl sites for hydroxylation is 1. The second kappa shape index (κ2) is 7.93. The number of hydrogen-bond donors (Lipinski definition) is 0. The van der Waals surface area contributed by atoms with E-state index in [1.165, 1.54) is 35.3 Å². The summed E-state index contributed by atoms with van der Waals surface area (Å²) < 4.78 is 0. The highest BCUT2D eigenvalue weighted by atomic mass is 32.1. The molecule has 1 atom stereocenters. The Bertz CT molecular complexity index is 1010. The number of aromatic nitrogens is 2. The molecular formula is C25H32N4S. The Labute approximate surface area is 184 Å². The van der Waals surface area contributed by atoms with E-state index in [9.17, 15) is 0 Å². The lowest BCUT2D eigenvalue weighted by Gasteiger charge is -2.53. The highest BCUT2D eigenvalue weighted by molar-refractivity contribution is 7.18. The molecule has 0 amide bonds. The van der Waals surface area contributed by atoms with Gasteiger partial charge in [-0.1, -0.05) is 51.1 Å². The predicted molar refractivity (Wildman–Crippen MR) is 126 cm³/mol. The SMILES string of the molecule is CCc1cc2c(N3CCC4(C3)CN(C(Cc3ccccc3)C(C)C)C4)ncnc2s1. The van der Waals surface area contributed by atoms with Crippen molar-refractivity contribution in [3.8, 4) is 0 Å². The molecule has 0 bridgehead atoms. The van der Waals surface area contributed by atoms with Crippen molar-refractivity contribution >= 4 is 27.4 Å². The fourth-order valence-electron chi connectivity index (χ4n) is 5.39. The molecule has 4 heterocycles. The summed E-state index contributed by atoms with van der Waals surface area (Å²) in [5.41, 5.74) is 1.89. The zero-order valence-corrected chi connectivity index (χ0v) is 19.2. The summed E-state index contributed by atoms with van der Waals surface area (Å²) in [7, 11) is 0. The topological polar surface area (TPSA) is 32.3 Å². The summed E-state index contributed by atoms with van der Waals surface area (Å²) in [6, 6.07) is 13.9. The van der Waals surface area contributed by atoms with Gasteiger partial charge in [0.1, 0.15) is 17.0 Å². The van der Waals surface area contributed by atoms with E-state index in [4.69, 9.17) is 4.98 Å². The molecule has 0 aliphatic carbocycles. The van der Waals surface area contributed by atoms with Crippen LogP contribution in [0.15, 0.2) is 42.7 Å². The van der Waals surface area contributed by atoms with E-state index in [0.717, 1.165) is 36.6 Å². The third-order valence-corrected chi connectivity index (χ3v) is 8.24. The van der Waals surface area contributed by atoms with Crippen LogP contribution in [-0.2, 0) is 12.8 Å². The van der Waals surface area contributed by atoms with E-state index >= 15 is 0 Å². The Morgan fingerprint density at radius 3 is 2.63 bits per heavy atom. The van der Waals surface area contributed by atoms with Gasteiger partial charge in [-0.05, 0) is 36.8 Å². The van der Waals surface area contributed by atoms with Crippen LogP contribution in [0.4, 0.5) is 5.82 Å². The summed E-state index contributed by atoms with van der Waals surface area (Å²) >= 11 is 1.81. The molecule has 1 unspecified atom stereocenters. The molecule has 158 valence electrons. The lowest BCUT2D eigenvalue weighted by atomic mass is 9.76. The average molecular weight is 421 g/mol. The van der Waals surface area contributed by atoms with Crippen molar-refractivity contribution in [2.45, 2.75) is 46.1 Å². The zero-order valence-electron chi connectivity index (χ0n) is 18.3. The monoisotopic (exact) mass is 420 g/mol. The first-order valence-corrected chi connectivity index (χ1v) is 12.1. The van der Waals surface area contributed by atoms with Gasteiger partial charge in [-0.2, -0.15) is 0 Å². The van der Waals surface area contributed by atoms with Crippen LogP contribution in [0.2, 0.25) is 0 Å². The van der Waals surface area contributed by atoms with Crippen LogP contribution >= 0.6 is 11.3 Å². The van der Waals surface area contributed by atoms with Gasteiger partial charge < -0.3 is 4.90 Å². The molecule has 2 fully saturated rings. The van der Waals surface area contributed by atoms with Crippen molar-refractivity contribution in [1.82, 2.24) is 14.9 Å². The van der Waals surface area contributed by atoms with Crippen LogP contribution in [0.1, 0.15) is 37.6 Å². The number of likely N-dealkylation sites (tertiary alicyclic amines) is 1. The second-order valence-corrected chi connectivity index (χ2v) is 10.7. The minimum absolute atomic E-state index is 0.435. The first kappa shape index (κ1) is 20.0. The molecule has 5 heteroatoms. The summed E-state index contributed by atoms with van der Waals surface area (Å²) in [5.74, 6) is 1.82. The van der Waals surface area contributed by atoms with Gasteiger partial charge >= 0.3 is 0 Å². The molecule has 4 nitrogen and oxygen atoms in total. The molecule has 0 radical (unpaired) electrons. The van der Waals surface area contributed by atoms with Gasteiger partial charge in [0, 0.05) is 42.5 Å². The smallest absolute Gasteiger partial charge is 0.140 e. The van der Waals surface area contributed by atoms with E-state index in [1.807, 2.05) is 11.3 Å². The summed E-state index contributed by atoms with van der Waals surface area (Å²) in [6.07, 6.45) is 5.24. The number of nitrogens with zero attached hydrogens (tertiary/aromatic N) is 4. The van der Waals surface area contributed by atoms with Gasteiger partial charge in [0.25, 0.3) is 0 Å². The van der Waals surface area contributed by atoms with Crippen molar-refractivity contribution in [3.05, 3.63) is 53.2 Å². The summed E-state index contributed by atoms with van der Waals surface area (Å²) in [6.45, 7) is 11.6. The minimum atomic E-state index is 0.435. The quantitative estimate of drug-likeness (QED) is 0.560. The van der Waals surface area contributed by atoms with Gasteiger partial charge in [0.2, 0.25) is 0 Å². The number of benzene rings is 1. The third kappa shape index (κ3) is 3.63. The highest BCUT2D eigenvalue weighted by Crippen LogP contribution is 2.44. The molecular weight excluding hydrogens is 388 g/mol. The Morgan fingerprint density at radius 1 is 1.10 bits per heavy atom. The molecule has 30 heavy (non-hydrogen) atoms. The van der Waals surface area contributed by atoms with Crippen molar-refractivity contribution < 1.29 is 0 Å². The molecule has 2 aliphatic rings. The fourth-order valence-corrected chi connectivity index (χ4v) is 6.31. The number of fused-ring (bicyclic) bond motifs is 1. The third-order valence-electron chi connectivity index (χ3n) is 7.05. The van der Waals surface area contributed by atoms with Gasteiger partial charge in [0.15, 0.2) is 0 Å².